The van der Waals surface area contributed by atoms with Crippen molar-refractivity contribution in [2.45, 2.75) is 64.1 Å². The van der Waals surface area contributed by atoms with Crippen LogP contribution in [-0.2, 0) is 4.74 Å². The van der Waals surface area contributed by atoms with Crippen LogP contribution < -0.4 is 10.6 Å². The van der Waals surface area contributed by atoms with E-state index in [4.69, 9.17) is 4.74 Å². The monoisotopic (exact) mass is 405 g/mol. The number of hydrogen-bond acceptors (Lipinski definition) is 2. The summed E-state index contributed by atoms with van der Waals surface area (Å²) in [6.07, 6.45) is 7.10. The van der Waals surface area contributed by atoms with Gasteiger partial charge in [-0.15, -0.1) is 24.0 Å². The summed E-state index contributed by atoms with van der Waals surface area (Å²) in [5.74, 6) is 2.57. The standard InChI is InChI=1S/C16H27N3O.HI/c1-3-17-15(18-12-9-10(12)2)19-13-11-5-8-20-14(11)16(13)6-4-7-16;/h10-14H,3-9H2,1-2H3,(H2,17,18,19);1H. The summed E-state index contributed by atoms with van der Waals surface area (Å²) in [4.78, 5) is 4.65. The third-order valence-corrected chi connectivity index (χ3v) is 6.08. The number of nitrogens with zero attached hydrogens (tertiary/aromatic N) is 1. The molecule has 0 aromatic rings. The summed E-state index contributed by atoms with van der Waals surface area (Å²) in [5, 5.41) is 7.37. The Labute approximate surface area is 144 Å². The van der Waals surface area contributed by atoms with E-state index in [2.05, 4.69) is 29.5 Å². The zero-order valence-electron chi connectivity index (χ0n) is 13.1. The van der Waals surface area contributed by atoms with E-state index in [1.807, 2.05) is 0 Å². The molecule has 3 saturated carbocycles. The highest BCUT2D eigenvalue weighted by Gasteiger charge is 2.66. The topological polar surface area (TPSA) is 45.7 Å². The molecule has 2 N–H and O–H groups in total. The molecule has 5 unspecified atom stereocenters. The second kappa shape index (κ2) is 5.87. The molecular formula is C16H28IN3O. The molecule has 1 spiro atoms. The number of hydrogen-bond donors (Lipinski definition) is 2. The molecule has 120 valence electrons. The van der Waals surface area contributed by atoms with E-state index in [1.165, 1.54) is 32.1 Å². The van der Waals surface area contributed by atoms with Gasteiger partial charge < -0.3 is 15.4 Å². The Balaban J connectivity index is 0.00000132. The lowest BCUT2D eigenvalue weighted by Gasteiger charge is -2.63. The van der Waals surface area contributed by atoms with Crippen LogP contribution in [0, 0.1) is 17.3 Å². The van der Waals surface area contributed by atoms with Crippen molar-refractivity contribution in [3.05, 3.63) is 0 Å². The van der Waals surface area contributed by atoms with Crippen molar-refractivity contribution in [3.8, 4) is 0 Å². The minimum atomic E-state index is 0. The lowest BCUT2D eigenvalue weighted by Crippen LogP contribution is -2.72. The lowest BCUT2D eigenvalue weighted by atomic mass is 9.46. The molecule has 4 rings (SSSR count). The van der Waals surface area contributed by atoms with Crippen molar-refractivity contribution in [3.63, 3.8) is 0 Å². The Bertz CT molecular complexity index is 424. The van der Waals surface area contributed by atoms with Crippen LogP contribution in [0.25, 0.3) is 0 Å². The molecule has 3 aliphatic carbocycles. The van der Waals surface area contributed by atoms with Gasteiger partial charge in [0.1, 0.15) is 0 Å². The lowest BCUT2D eigenvalue weighted by molar-refractivity contribution is -0.171. The second-order valence-electron chi connectivity index (χ2n) is 7.24. The van der Waals surface area contributed by atoms with E-state index < -0.39 is 0 Å². The fraction of sp³-hybridized carbons (Fsp3) is 0.938. The van der Waals surface area contributed by atoms with Gasteiger partial charge in [0, 0.05) is 36.6 Å². The van der Waals surface area contributed by atoms with Crippen molar-refractivity contribution in [1.82, 2.24) is 10.6 Å². The van der Waals surface area contributed by atoms with Gasteiger partial charge in [-0.3, -0.25) is 4.99 Å². The largest absolute Gasteiger partial charge is 0.377 e. The molecule has 0 bridgehead atoms. The normalized spacial score (nSPS) is 42.4. The van der Waals surface area contributed by atoms with Gasteiger partial charge in [0.15, 0.2) is 5.96 Å². The Kier molecular flexibility index (Phi) is 4.43. The maximum atomic E-state index is 5.99. The number of guanidine groups is 1. The summed E-state index contributed by atoms with van der Waals surface area (Å²) >= 11 is 0. The van der Waals surface area contributed by atoms with Gasteiger partial charge in [0.2, 0.25) is 0 Å². The fourth-order valence-electron chi connectivity index (χ4n) is 4.59. The van der Waals surface area contributed by atoms with Crippen molar-refractivity contribution in [1.29, 1.82) is 0 Å². The quantitative estimate of drug-likeness (QED) is 0.431. The first-order valence-electron chi connectivity index (χ1n) is 8.44. The van der Waals surface area contributed by atoms with Crippen LogP contribution in [-0.4, -0.2) is 37.3 Å². The van der Waals surface area contributed by atoms with E-state index >= 15 is 0 Å². The van der Waals surface area contributed by atoms with Crippen LogP contribution >= 0.6 is 24.0 Å². The van der Waals surface area contributed by atoms with Gasteiger partial charge in [-0.25, -0.2) is 0 Å². The van der Waals surface area contributed by atoms with Gasteiger partial charge >= 0.3 is 0 Å². The molecule has 4 nitrogen and oxygen atoms in total. The van der Waals surface area contributed by atoms with Gasteiger partial charge in [-0.1, -0.05) is 13.3 Å². The maximum absolute atomic E-state index is 5.99. The maximum Gasteiger partial charge on any atom is 0.191 e. The molecule has 1 heterocycles. The summed E-state index contributed by atoms with van der Waals surface area (Å²) < 4.78 is 5.99. The van der Waals surface area contributed by atoms with Crippen molar-refractivity contribution in [2.75, 3.05) is 13.2 Å². The first-order chi connectivity index (χ1) is 9.74. The predicted molar refractivity (Wildman–Crippen MR) is 95.2 cm³/mol. The molecule has 1 aliphatic heterocycles. The SMILES string of the molecule is CCN=C(NC1CC1C)NC1C2CCOC2C12CCC2.I. The third-order valence-electron chi connectivity index (χ3n) is 6.08. The Morgan fingerprint density at radius 1 is 1.33 bits per heavy atom. The Hall–Kier alpha value is -0.0400. The van der Waals surface area contributed by atoms with Gasteiger partial charge in [0.25, 0.3) is 0 Å². The summed E-state index contributed by atoms with van der Waals surface area (Å²) in [7, 11) is 0. The molecule has 5 heteroatoms. The van der Waals surface area contributed by atoms with Crippen molar-refractivity contribution < 1.29 is 4.74 Å². The Morgan fingerprint density at radius 3 is 2.67 bits per heavy atom. The minimum absolute atomic E-state index is 0. The zero-order valence-corrected chi connectivity index (χ0v) is 15.4. The molecule has 0 aromatic carbocycles. The summed E-state index contributed by atoms with van der Waals surface area (Å²) in [6, 6.07) is 1.23. The molecule has 0 radical (unpaired) electrons. The van der Waals surface area contributed by atoms with E-state index in [9.17, 15) is 0 Å². The number of rotatable bonds is 3. The molecule has 5 atom stereocenters. The molecule has 21 heavy (non-hydrogen) atoms. The third kappa shape index (κ3) is 2.48. The number of nitrogens with one attached hydrogen (secondary N) is 2. The van der Waals surface area contributed by atoms with Crippen molar-refractivity contribution >= 4 is 29.9 Å². The van der Waals surface area contributed by atoms with Crippen LogP contribution in [0.15, 0.2) is 4.99 Å². The van der Waals surface area contributed by atoms with Gasteiger partial charge in [-0.05, 0) is 38.5 Å². The highest BCUT2D eigenvalue weighted by Crippen LogP contribution is 2.62. The van der Waals surface area contributed by atoms with E-state index in [0.29, 0.717) is 23.6 Å². The highest BCUT2D eigenvalue weighted by molar-refractivity contribution is 14.0. The van der Waals surface area contributed by atoms with E-state index in [1.54, 1.807) is 0 Å². The van der Waals surface area contributed by atoms with Gasteiger partial charge in [-0.2, -0.15) is 0 Å². The molecule has 4 fully saturated rings. The van der Waals surface area contributed by atoms with E-state index in [0.717, 1.165) is 30.9 Å². The zero-order chi connectivity index (χ0) is 13.7. The smallest absolute Gasteiger partial charge is 0.191 e. The molecule has 0 aromatic heterocycles. The average Bonchev–Trinajstić information content (AvgIpc) is 2.87. The van der Waals surface area contributed by atoms with E-state index in [-0.39, 0.29) is 24.0 Å². The van der Waals surface area contributed by atoms with Crippen LogP contribution in [0.4, 0.5) is 0 Å². The molecule has 1 saturated heterocycles. The van der Waals surface area contributed by atoms with Gasteiger partial charge in [0.05, 0.1) is 6.10 Å². The number of fused-ring (bicyclic) bond motifs is 2. The number of aliphatic imine (C=N–C) groups is 1. The fourth-order valence-corrected chi connectivity index (χ4v) is 4.59. The number of ether oxygens (including phenoxy) is 1. The van der Waals surface area contributed by atoms with Crippen LogP contribution in [0.2, 0.25) is 0 Å². The first-order valence-corrected chi connectivity index (χ1v) is 8.44. The molecular weight excluding hydrogens is 377 g/mol. The van der Waals surface area contributed by atoms with Crippen LogP contribution in [0.1, 0.15) is 46.0 Å². The number of halogens is 1. The highest BCUT2D eigenvalue weighted by atomic mass is 127. The van der Waals surface area contributed by atoms with Crippen molar-refractivity contribution in [2.24, 2.45) is 22.2 Å². The molecule has 0 amide bonds. The second-order valence-corrected chi connectivity index (χ2v) is 7.24. The summed E-state index contributed by atoms with van der Waals surface area (Å²) in [6.45, 7) is 6.23. The van der Waals surface area contributed by atoms with Crippen LogP contribution in [0.3, 0.4) is 0 Å². The summed E-state index contributed by atoms with van der Waals surface area (Å²) in [5.41, 5.74) is 0.437. The molecule has 4 aliphatic rings. The first kappa shape index (κ1) is 15.8. The average molecular weight is 405 g/mol. The minimum Gasteiger partial charge on any atom is -0.377 e. The predicted octanol–water partition coefficient (Wildman–Crippen LogP) is 2.53. The Morgan fingerprint density at radius 2 is 2.10 bits per heavy atom. The van der Waals surface area contributed by atoms with Crippen LogP contribution in [0.5, 0.6) is 0 Å².